The summed E-state index contributed by atoms with van der Waals surface area (Å²) >= 11 is 5.89. The second kappa shape index (κ2) is 8.69. The fourth-order valence-corrected chi connectivity index (χ4v) is 5.48. The zero-order chi connectivity index (χ0) is 24.0. The zero-order valence-electron chi connectivity index (χ0n) is 19.7. The summed E-state index contributed by atoms with van der Waals surface area (Å²) in [4.78, 5) is 6.86. The van der Waals surface area contributed by atoms with Crippen molar-refractivity contribution in [1.29, 1.82) is 0 Å². The summed E-state index contributed by atoms with van der Waals surface area (Å²) in [7, 11) is 0. The van der Waals surface area contributed by atoms with E-state index in [2.05, 4.69) is 71.7 Å². The van der Waals surface area contributed by atoms with Crippen LogP contribution in [0.15, 0.2) is 72.9 Å². The van der Waals surface area contributed by atoms with Crippen molar-refractivity contribution in [2.75, 3.05) is 4.90 Å². The average molecular weight is 471 g/mol. The predicted molar refractivity (Wildman–Crippen MR) is 139 cm³/mol. The lowest BCUT2D eigenvalue weighted by Gasteiger charge is -2.29. The number of thiocarbonyl (C=S) groups is 1. The van der Waals surface area contributed by atoms with Crippen molar-refractivity contribution in [3.63, 3.8) is 0 Å². The molecule has 2 aromatic heterocycles. The second-order valence-corrected chi connectivity index (χ2v) is 9.37. The monoisotopic (exact) mass is 470 g/mol. The van der Waals surface area contributed by atoms with Crippen molar-refractivity contribution >= 4 is 23.0 Å². The zero-order valence-corrected chi connectivity index (χ0v) is 20.5. The molecule has 1 aliphatic heterocycles. The largest absolute Gasteiger partial charge is 0.351 e. The molecular weight excluding hydrogens is 443 g/mol. The lowest BCUT2D eigenvalue weighted by molar-refractivity contribution is 0.565. The number of nitrogens with zero attached hydrogens (tertiary/aromatic N) is 3. The van der Waals surface area contributed by atoms with E-state index in [1.54, 1.807) is 12.1 Å². The molecule has 6 heteroatoms. The first kappa shape index (κ1) is 22.3. The van der Waals surface area contributed by atoms with Crippen LogP contribution in [0, 0.1) is 33.5 Å². The van der Waals surface area contributed by atoms with Gasteiger partial charge in [0.1, 0.15) is 5.82 Å². The highest BCUT2D eigenvalue weighted by Gasteiger charge is 2.42. The van der Waals surface area contributed by atoms with Crippen LogP contribution in [0.25, 0.3) is 5.69 Å². The summed E-state index contributed by atoms with van der Waals surface area (Å²) in [5.74, 6) is -0.251. The summed E-state index contributed by atoms with van der Waals surface area (Å²) in [5.41, 5.74) is 8.37. The van der Waals surface area contributed by atoms with Gasteiger partial charge >= 0.3 is 0 Å². The number of aromatic nitrogens is 2. The maximum atomic E-state index is 14.1. The number of rotatable bonds is 4. The van der Waals surface area contributed by atoms with Crippen molar-refractivity contribution in [2.45, 2.75) is 39.8 Å². The van der Waals surface area contributed by atoms with Crippen molar-refractivity contribution in [3.05, 3.63) is 113 Å². The van der Waals surface area contributed by atoms with Gasteiger partial charge < -0.3 is 14.8 Å². The Hall–Kier alpha value is -3.51. The quantitative estimate of drug-likeness (QED) is 0.349. The van der Waals surface area contributed by atoms with E-state index in [0.29, 0.717) is 5.11 Å². The minimum absolute atomic E-state index is 0.114. The topological polar surface area (TPSA) is 33.1 Å². The number of benzene rings is 2. The van der Waals surface area contributed by atoms with Gasteiger partial charge in [0, 0.05) is 29.0 Å². The Kier molecular flexibility index (Phi) is 5.70. The molecule has 2 atom stereocenters. The first-order valence-electron chi connectivity index (χ1n) is 11.4. The van der Waals surface area contributed by atoms with E-state index in [4.69, 9.17) is 12.2 Å². The van der Waals surface area contributed by atoms with Crippen LogP contribution in [0.3, 0.4) is 0 Å². The summed E-state index contributed by atoms with van der Waals surface area (Å²) in [6.45, 7) is 8.34. The van der Waals surface area contributed by atoms with E-state index in [0.717, 1.165) is 34.0 Å². The molecule has 0 unspecified atom stereocenters. The van der Waals surface area contributed by atoms with Crippen molar-refractivity contribution in [2.24, 2.45) is 0 Å². The van der Waals surface area contributed by atoms with E-state index in [1.807, 2.05) is 30.5 Å². The number of aryl methyl sites for hydroxylation is 3. The fourth-order valence-electron chi connectivity index (χ4n) is 5.14. The smallest absolute Gasteiger partial charge is 0.174 e. The Morgan fingerprint density at radius 3 is 2.32 bits per heavy atom. The van der Waals surface area contributed by atoms with Crippen LogP contribution in [0.1, 0.15) is 45.9 Å². The number of pyridine rings is 1. The molecule has 3 heterocycles. The third kappa shape index (κ3) is 3.88. The molecule has 0 spiro atoms. The van der Waals surface area contributed by atoms with Gasteiger partial charge in [-0.1, -0.05) is 18.2 Å². The van der Waals surface area contributed by atoms with Gasteiger partial charge in [0.25, 0.3) is 0 Å². The van der Waals surface area contributed by atoms with Gasteiger partial charge in [-0.3, -0.25) is 4.98 Å². The molecule has 2 aromatic carbocycles. The van der Waals surface area contributed by atoms with Gasteiger partial charge in [-0.25, -0.2) is 4.39 Å². The van der Waals surface area contributed by atoms with Crippen LogP contribution < -0.4 is 10.2 Å². The number of halogens is 1. The second-order valence-electron chi connectivity index (χ2n) is 8.98. The molecule has 0 bridgehead atoms. The first-order chi connectivity index (χ1) is 16.3. The standard InChI is InChI=1S/C28H27FN4S/c1-17-12-18(2)14-23(13-17)33-27(26(31-28(33)34)25-10-5-6-11-30-25)24-15-19(3)32(20(24)4)22-9-7-8-21(29)16-22/h5-16,26-27H,1-4H3,(H,31,34)/t26-,27+/m0/s1. The van der Waals surface area contributed by atoms with E-state index in [-0.39, 0.29) is 17.9 Å². The highest BCUT2D eigenvalue weighted by molar-refractivity contribution is 7.80. The minimum Gasteiger partial charge on any atom is -0.351 e. The number of hydrogen-bond acceptors (Lipinski definition) is 2. The summed E-state index contributed by atoms with van der Waals surface area (Å²) in [5, 5.41) is 4.20. The lowest BCUT2D eigenvalue weighted by atomic mass is 9.96. The molecule has 0 saturated carbocycles. The Labute approximate surface area is 205 Å². The van der Waals surface area contributed by atoms with Crippen LogP contribution in [0.4, 0.5) is 10.1 Å². The van der Waals surface area contributed by atoms with Gasteiger partial charge in [0.15, 0.2) is 5.11 Å². The van der Waals surface area contributed by atoms with Crippen LogP contribution in [-0.4, -0.2) is 14.7 Å². The van der Waals surface area contributed by atoms with E-state index in [9.17, 15) is 4.39 Å². The lowest BCUT2D eigenvalue weighted by Crippen LogP contribution is -2.29. The molecular formula is C28H27FN4S. The van der Waals surface area contributed by atoms with Gasteiger partial charge in [0.2, 0.25) is 0 Å². The summed E-state index contributed by atoms with van der Waals surface area (Å²) in [6.07, 6.45) is 1.81. The Balaban J connectivity index is 1.70. The van der Waals surface area contributed by atoms with E-state index in [1.165, 1.54) is 17.2 Å². The molecule has 0 aliphatic carbocycles. The molecule has 0 amide bonds. The fraction of sp³-hybridized carbons (Fsp3) is 0.214. The maximum absolute atomic E-state index is 14.1. The van der Waals surface area contributed by atoms with Crippen molar-refractivity contribution in [1.82, 2.24) is 14.9 Å². The van der Waals surface area contributed by atoms with Crippen LogP contribution in [-0.2, 0) is 0 Å². The highest BCUT2D eigenvalue weighted by Crippen LogP contribution is 2.44. The molecule has 1 saturated heterocycles. The Morgan fingerprint density at radius 1 is 0.882 bits per heavy atom. The molecule has 4 nitrogen and oxygen atoms in total. The summed E-state index contributed by atoms with van der Waals surface area (Å²) in [6, 6.07) is 21.1. The molecule has 172 valence electrons. The van der Waals surface area contributed by atoms with Crippen molar-refractivity contribution in [3.8, 4) is 5.69 Å². The molecule has 1 N–H and O–H groups in total. The van der Waals surface area contributed by atoms with Crippen LogP contribution in [0.5, 0.6) is 0 Å². The van der Waals surface area contributed by atoms with Gasteiger partial charge in [-0.05, 0) is 105 Å². The number of nitrogens with one attached hydrogen (secondary N) is 1. The average Bonchev–Trinajstić information content (AvgIpc) is 3.29. The molecule has 34 heavy (non-hydrogen) atoms. The number of hydrogen-bond donors (Lipinski definition) is 1. The van der Waals surface area contributed by atoms with Crippen molar-refractivity contribution < 1.29 is 4.39 Å². The highest BCUT2D eigenvalue weighted by atomic mass is 32.1. The van der Waals surface area contributed by atoms with Crippen LogP contribution in [0.2, 0.25) is 0 Å². The Bertz CT molecular complexity index is 1360. The molecule has 1 aliphatic rings. The number of anilines is 1. The van der Waals surface area contributed by atoms with Gasteiger partial charge in [-0.15, -0.1) is 0 Å². The minimum atomic E-state index is -0.251. The molecule has 5 rings (SSSR count). The molecule has 4 aromatic rings. The van der Waals surface area contributed by atoms with E-state index >= 15 is 0 Å². The van der Waals surface area contributed by atoms with Crippen LogP contribution >= 0.6 is 12.2 Å². The Morgan fingerprint density at radius 2 is 1.65 bits per heavy atom. The SMILES string of the molecule is Cc1cc(C)cc(N2C(=S)N[C@@H](c3ccccn3)[C@H]2c2cc(C)n(-c3cccc(F)c3)c2C)c1. The van der Waals surface area contributed by atoms with E-state index < -0.39 is 0 Å². The van der Waals surface area contributed by atoms with Gasteiger partial charge in [0.05, 0.1) is 17.8 Å². The maximum Gasteiger partial charge on any atom is 0.174 e. The third-order valence-electron chi connectivity index (χ3n) is 6.44. The van der Waals surface area contributed by atoms with Gasteiger partial charge in [-0.2, -0.15) is 0 Å². The third-order valence-corrected chi connectivity index (χ3v) is 6.75. The molecule has 1 fully saturated rings. The first-order valence-corrected chi connectivity index (χ1v) is 11.8. The molecule has 0 radical (unpaired) electrons. The predicted octanol–water partition coefficient (Wildman–Crippen LogP) is 6.42. The normalized spacial score (nSPS) is 17.8. The summed E-state index contributed by atoms with van der Waals surface area (Å²) < 4.78 is 16.2.